The zero-order chi connectivity index (χ0) is 18.1. The molecule has 1 aromatic heterocycles. The van der Waals surface area contributed by atoms with Crippen LogP contribution in [0.4, 0.5) is 0 Å². The molecule has 0 amide bonds. The summed E-state index contributed by atoms with van der Waals surface area (Å²) in [6.07, 6.45) is 4.09. The molecule has 3 aromatic rings. The molecular weight excluding hydrogens is 372 g/mol. The molecule has 0 saturated carbocycles. The summed E-state index contributed by atoms with van der Waals surface area (Å²) in [7, 11) is -3.52. The van der Waals surface area contributed by atoms with Gasteiger partial charge >= 0.3 is 0 Å². The largest absolute Gasteiger partial charge is 0.248 e. The lowest BCUT2D eigenvalue weighted by Gasteiger charge is -2.17. The maximum atomic E-state index is 12.9. The summed E-state index contributed by atoms with van der Waals surface area (Å²) in [4.78, 5) is 0.294. The van der Waals surface area contributed by atoms with Crippen LogP contribution in [0.1, 0.15) is 12.5 Å². The van der Waals surface area contributed by atoms with Crippen LogP contribution in [0.25, 0.3) is 11.1 Å². The van der Waals surface area contributed by atoms with E-state index in [1.54, 1.807) is 29.2 Å². The van der Waals surface area contributed by atoms with Gasteiger partial charge < -0.3 is 0 Å². The molecule has 0 spiro atoms. The minimum Gasteiger partial charge on any atom is -0.248 e. The maximum Gasteiger partial charge on any atom is 0.243 e. The van der Waals surface area contributed by atoms with Gasteiger partial charge in [-0.1, -0.05) is 41.1 Å². The van der Waals surface area contributed by atoms with E-state index in [9.17, 15) is 8.42 Å². The highest BCUT2D eigenvalue weighted by Crippen LogP contribution is 2.29. The molecule has 26 heavy (non-hydrogen) atoms. The fourth-order valence-corrected chi connectivity index (χ4v) is 4.88. The Morgan fingerprint density at radius 3 is 2.58 bits per heavy atom. The smallest absolute Gasteiger partial charge is 0.243 e. The zero-order valence-corrected chi connectivity index (χ0v) is 15.4. The summed E-state index contributed by atoms with van der Waals surface area (Å²) in [5.41, 5.74) is 1.88. The van der Waals surface area contributed by atoms with Crippen molar-refractivity contribution >= 4 is 21.6 Å². The third-order valence-corrected chi connectivity index (χ3v) is 6.71. The van der Waals surface area contributed by atoms with Crippen LogP contribution in [0.3, 0.4) is 0 Å². The van der Waals surface area contributed by atoms with Gasteiger partial charge in [-0.2, -0.15) is 4.31 Å². The molecule has 1 atom stereocenters. The van der Waals surface area contributed by atoms with Crippen LogP contribution in [-0.4, -0.2) is 40.8 Å². The van der Waals surface area contributed by atoms with E-state index in [1.807, 2.05) is 36.4 Å². The average Bonchev–Trinajstić information content (AvgIpc) is 3.33. The number of sulfonamides is 1. The third-order valence-electron chi connectivity index (χ3n) is 4.59. The number of rotatable bonds is 4. The molecular formula is C18H17ClN4O2S. The molecule has 1 saturated heterocycles. The highest BCUT2D eigenvalue weighted by Gasteiger charge is 2.33. The molecule has 4 rings (SSSR count). The first-order valence-electron chi connectivity index (χ1n) is 8.26. The van der Waals surface area contributed by atoms with Gasteiger partial charge in [-0.25, -0.2) is 13.1 Å². The van der Waals surface area contributed by atoms with Crippen molar-refractivity contribution in [3.8, 4) is 11.1 Å². The maximum absolute atomic E-state index is 12.9. The Hall–Kier alpha value is -2.22. The quantitative estimate of drug-likeness (QED) is 0.688. The van der Waals surface area contributed by atoms with E-state index in [0.29, 0.717) is 23.0 Å². The van der Waals surface area contributed by atoms with E-state index in [1.165, 1.54) is 4.31 Å². The summed E-state index contributed by atoms with van der Waals surface area (Å²) < 4.78 is 29.0. The lowest BCUT2D eigenvalue weighted by atomic mass is 10.1. The van der Waals surface area contributed by atoms with Crippen LogP contribution in [-0.2, 0) is 10.0 Å². The van der Waals surface area contributed by atoms with E-state index in [2.05, 4.69) is 10.3 Å². The van der Waals surface area contributed by atoms with Crippen molar-refractivity contribution in [1.29, 1.82) is 0 Å². The number of benzene rings is 2. The minimum absolute atomic E-state index is 0.0259. The van der Waals surface area contributed by atoms with Gasteiger partial charge in [-0.3, -0.25) is 0 Å². The molecule has 1 aliphatic heterocycles. The van der Waals surface area contributed by atoms with Crippen LogP contribution < -0.4 is 0 Å². The van der Waals surface area contributed by atoms with Gasteiger partial charge in [0.2, 0.25) is 10.0 Å². The van der Waals surface area contributed by atoms with Crippen LogP contribution >= 0.6 is 11.6 Å². The van der Waals surface area contributed by atoms with Crippen LogP contribution in [0.5, 0.6) is 0 Å². The standard InChI is InChI=1S/C18H17ClN4O2S/c19-16-3-1-2-15(12-16)14-4-6-18(7-5-14)26(24,25)22-10-8-17(13-22)23-11-9-20-21-23/h1-7,9,11-12,17H,8,10,13H2/t17-/m0/s1. The van der Waals surface area contributed by atoms with E-state index in [0.717, 1.165) is 17.5 Å². The number of aromatic nitrogens is 3. The Balaban J connectivity index is 1.55. The third kappa shape index (κ3) is 3.25. The van der Waals surface area contributed by atoms with Crippen LogP contribution in [0.2, 0.25) is 5.02 Å². The first kappa shape index (κ1) is 17.2. The first-order chi connectivity index (χ1) is 12.5. The van der Waals surface area contributed by atoms with E-state index >= 15 is 0 Å². The van der Waals surface area contributed by atoms with Crippen molar-refractivity contribution in [3.63, 3.8) is 0 Å². The summed E-state index contributed by atoms with van der Waals surface area (Å²) >= 11 is 6.03. The van der Waals surface area contributed by atoms with Crippen molar-refractivity contribution in [2.75, 3.05) is 13.1 Å². The topological polar surface area (TPSA) is 68.1 Å². The molecule has 0 aliphatic carbocycles. The minimum atomic E-state index is -3.52. The average molecular weight is 389 g/mol. The van der Waals surface area contributed by atoms with Gasteiger partial charge in [0.05, 0.1) is 17.1 Å². The number of nitrogens with zero attached hydrogens (tertiary/aromatic N) is 4. The van der Waals surface area contributed by atoms with Crippen molar-refractivity contribution in [2.45, 2.75) is 17.4 Å². The summed E-state index contributed by atoms with van der Waals surface area (Å²) in [5.74, 6) is 0. The Labute approximate surface area is 157 Å². The second-order valence-electron chi connectivity index (χ2n) is 6.22. The Bertz CT molecular complexity index is 1000. The summed E-state index contributed by atoms with van der Waals surface area (Å²) in [6.45, 7) is 0.880. The highest BCUT2D eigenvalue weighted by atomic mass is 35.5. The van der Waals surface area contributed by atoms with Gasteiger partial charge in [0.1, 0.15) is 0 Å². The molecule has 6 nitrogen and oxygen atoms in total. The monoisotopic (exact) mass is 388 g/mol. The second-order valence-corrected chi connectivity index (χ2v) is 8.60. The fraction of sp³-hybridized carbons (Fsp3) is 0.222. The predicted molar refractivity (Wildman–Crippen MR) is 99.3 cm³/mol. The SMILES string of the molecule is O=S(=O)(c1ccc(-c2cccc(Cl)c2)cc1)N1CC[C@H](n2ccnn2)C1. The van der Waals surface area contributed by atoms with Gasteiger partial charge in [-0.05, 0) is 41.8 Å². The normalized spacial score (nSPS) is 18.3. The molecule has 8 heteroatoms. The van der Waals surface area contributed by atoms with Crippen LogP contribution in [0, 0.1) is 0 Å². The Morgan fingerprint density at radius 1 is 1.08 bits per heavy atom. The fourth-order valence-electron chi connectivity index (χ4n) is 3.19. The Kier molecular flexibility index (Phi) is 4.52. The molecule has 0 bridgehead atoms. The summed E-state index contributed by atoms with van der Waals surface area (Å²) in [6, 6.07) is 14.4. The van der Waals surface area contributed by atoms with Gasteiger partial charge in [0, 0.05) is 24.3 Å². The predicted octanol–water partition coefficient (Wildman–Crippen LogP) is 3.23. The molecule has 0 unspecified atom stereocenters. The van der Waals surface area contributed by atoms with Crippen molar-refractivity contribution in [1.82, 2.24) is 19.3 Å². The van der Waals surface area contributed by atoms with Crippen molar-refractivity contribution < 1.29 is 8.42 Å². The molecule has 0 N–H and O–H groups in total. The second kappa shape index (κ2) is 6.83. The molecule has 0 radical (unpaired) electrons. The molecule has 134 valence electrons. The number of hydrogen-bond donors (Lipinski definition) is 0. The molecule has 1 aliphatic rings. The Morgan fingerprint density at radius 2 is 1.88 bits per heavy atom. The summed E-state index contributed by atoms with van der Waals surface area (Å²) in [5, 5.41) is 8.42. The molecule has 2 heterocycles. The van der Waals surface area contributed by atoms with Crippen molar-refractivity contribution in [3.05, 3.63) is 65.9 Å². The zero-order valence-electron chi connectivity index (χ0n) is 13.9. The lowest BCUT2D eigenvalue weighted by Crippen LogP contribution is -2.29. The van der Waals surface area contributed by atoms with E-state index in [4.69, 9.17) is 11.6 Å². The van der Waals surface area contributed by atoms with Crippen LogP contribution in [0.15, 0.2) is 65.8 Å². The first-order valence-corrected chi connectivity index (χ1v) is 10.1. The van der Waals surface area contributed by atoms with Gasteiger partial charge in [-0.15, -0.1) is 5.10 Å². The highest BCUT2D eigenvalue weighted by molar-refractivity contribution is 7.89. The molecule has 2 aromatic carbocycles. The van der Waals surface area contributed by atoms with Crippen molar-refractivity contribution in [2.24, 2.45) is 0 Å². The van der Waals surface area contributed by atoms with E-state index in [-0.39, 0.29) is 6.04 Å². The molecule has 1 fully saturated rings. The lowest BCUT2D eigenvalue weighted by molar-refractivity contribution is 0.428. The van der Waals surface area contributed by atoms with Gasteiger partial charge in [0.15, 0.2) is 0 Å². The number of halogens is 1. The van der Waals surface area contributed by atoms with E-state index < -0.39 is 10.0 Å². The van der Waals surface area contributed by atoms with Gasteiger partial charge in [0.25, 0.3) is 0 Å². The number of hydrogen-bond acceptors (Lipinski definition) is 4.